The molecule has 0 radical (unpaired) electrons. The maximum absolute atomic E-state index is 13.1. The predicted molar refractivity (Wildman–Crippen MR) is 61.3 cm³/mol. The van der Waals surface area contributed by atoms with E-state index in [-0.39, 0.29) is 0 Å². The number of halogens is 4. The highest BCUT2D eigenvalue weighted by molar-refractivity contribution is 7.89. The summed E-state index contributed by atoms with van der Waals surface area (Å²) in [5.74, 6) is -0.952. The number of rotatable bonds is 4. The van der Waals surface area contributed by atoms with Gasteiger partial charge in [0.25, 0.3) is 0 Å². The van der Waals surface area contributed by atoms with Crippen LogP contribution in [0.2, 0.25) is 0 Å². The van der Waals surface area contributed by atoms with Crippen LogP contribution in [0.4, 0.5) is 23.2 Å². The quantitative estimate of drug-likeness (QED) is 0.660. The molecule has 1 aromatic rings. The second-order valence-corrected chi connectivity index (χ2v) is 5.68. The van der Waals surface area contributed by atoms with Gasteiger partial charge in [0, 0.05) is 6.04 Å². The first-order valence-corrected chi connectivity index (χ1v) is 6.64. The van der Waals surface area contributed by atoms with E-state index in [1.54, 1.807) is 4.72 Å². The van der Waals surface area contributed by atoms with E-state index < -0.39 is 45.1 Å². The lowest BCUT2D eigenvalue weighted by Crippen LogP contribution is -2.36. The fraction of sp³-hybridized carbons (Fsp3) is 0.400. The van der Waals surface area contributed by atoms with Crippen LogP contribution < -0.4 is 10.5 Å². The molecule has 1 aromatic carbocycles. The molecule has 0 spiro atoms. The Morgan fingerprint density at radius 2 is 1.95 bits per heavy atom. The fourth-order valence-corrected chi connectivity index (χ4v) is 2.85. The van der Waals surface area contributed by atoms with Crippen molar-refractivity contribution >= 4 is 15.7 Å². The molecule has 9 heteroatoms. The number of para-hydroxylation sites is 1. The van der Waals surface area contributed by atoms with Gasteiger partial charge in [0.15, 0.2) is 0 Å². The summed E-state index contributed by atoms with van der Waals surface area (Å²) in [6.45, 7) is 1.06. The summed E-state index contributed by atoms with van der Waals surface area (Å²) in [6, 6.07) is 1.69. The maximum atomic E-state index is 13.1. The molecule has 0 aliphatic carbocycles. The average molecular weight is 300 g/mol. The van der Waals surface area contributed by atoms with Crippen molar-refractivity contribution in [3.63, 3.8) is 0 Å². The van der Waals surface area contributed by atoms with Crippen molar-refractivity contribution in [3.05, 3.63) is 24.0 Å². The standard InChI is InChI=1S/C10H12F4N2O2S/c1-6(5-10(12,13)14)16-19(17,18)8-4-2-3-7(11)9(8)15/h2-4,6,16H,5,15H2,1H3. The van der Waals surface area contributed by atoms with Gasteiger partial charge in [-0.15, -0.1) is 0 Å². The molecule has 0 bridgehead atoms. The number of nitrogens with two attached hydrogens (primary N) is 1. The van der Waals surface area contributed by atoms with E-state index in [4.69, 9.17) is 5.73 Å². The third-order valence-corrected chi connectivity index (χ3v) is 3.84. The summed E-state index contributed by atoms with van der Waals surface area (Å²) < 4.78 is 74.8. The number of nitrogens with one attached hydrogen (secondary N) is 1. The molecule has 1 rings (SSSR count). The molecule has 1 unspecified atom stereocenters. The first-order chi connectivity index (χ1) is 8.53. The minimum Gasteiger partial charge on any atom is -0.395 e. The Hall–Kier alpha value is -1.35. The van der Waals surface area contributed by atoms with Crippen LogP contribution in [0.3, 0.4) is 0 Å². The first-order valence-electron chi connectivity index (χ1n) is 5.16. The summed E-state index contributed by atoms with van der Waals surface area (Å²) in [5, 5.41) is 0. The summed E-state index contributed by atoms with van der Waals surface area (Å²) in [5.41, 5.74) is 4.62. The van der Waals surface area contributed by atoms with Crippen molar-refractivity contribution in [2.45, 2.75) is 30.5 Å². The van der Waals surface area contributed by atoms with Gasteiger partial charge < -0.3 is 5.73 Å². The van der Waals surface area contributed by atoms with Crippen LogP contribution in [-0.2, 0) is 10.0 Å². The van der Waals surface area contributed by atoms with Crippen LogP contribution in [-0.4, -0.2) is 20.6 Å². The molecule has 0 fully saturated rings. The number of benzene rings is 1. The van der Waals surface area contributed by atoms with Crippen LogP contribution in [0, 0.1) is 5.82 Å². The molecule has 0 aliphatic heterocycles. The monoisotopic (exact) mass is 300 g/mol. The number of alkyl halides is 3. The van der Waals surface area contributed by atoms with Crippen molar-refractivity contribution in [3.8, 4) is 0 Å². The largest absolute Gasteiger partial charge is 0.395 e. The summed E-state index contributed by atoms with van der Waals surface area (Å²) in [7, 11) is -4.30. The Morgan fingerprint density at radius 1 is 1.37 bits per heavy atom. The lowest BCUT2D eigenvalue weighted by atomic mass is 10.2. The Bertz CT molecular complexity index is 557. The van der Waals surface area contributed by atoms with Gasteiger partial charge in [-0.05, 0) is 19.1 Å². The number of anilines is 1. The molecule has 0 saturated heterocycles. The third kappa shape index (κ3) is 4.35. The Labute approximate surface area is 107 Å². The van der Waals surface area contributed by atoms with Crippen molar-refractivity contribution in [2.24, 2.45) is 0 Å². The van der Waals surface area contributed by atoms with Crippen molar-refractivity contribution < 1.29 is 26.0 Å². The van der Waals surface area contributed by atoms with E-state index >= 15 is 0 Å². The van der Waals surface area contributed by atoms with Crippen LogP contribution in [0.5, 0.6) is 0 Å². The van der Waals surface area contributed by atoms with Crippen LogP contribution in [0.15, 0.2) is 23.1 Å². The molecule has 1 atom stereocenters. The molecule has 0 aliphatic rings. The second kappa shape index (κ2) is 5.33. The highest BCUT2D eigenvalue weighted by atomic mass is 32.2. The van der Waals surface area contributed by atoms with Gasteiger partial charge >= 0.3 is 6.18 Å². The topological polar surface area (TPSA) is 72.2 Å². The molecular formula is C10H12F4N2O2S. The number of hydrogen-bond donors (Lipinski definition) is 2. The lowest BCUT2D eigenvalue weighted by molar-refractivity contribution is -0.137. The smallest absolute Gasteiger partial charge is 0.390 e. The van der Waals surface area contributed by atoms with E-state index in [0.717, 1.165) is 25.1 Å². The van der Waals surface area contributed by atoms with Crippen molar-refractivity contribution in [2.75, 3.05) is 5.73 Å². The van der Waals surface area contributed by atoms with Gasteiger partial charge in [-0.1, -0.05) is 6.07 Å². The molecular weight excluding hydrogens is 288 g/mol. The third-order valence-electron chi connectivity index (χ3n) is 2.20. The lowest BCUT2D eigenvalue weighted by Gasteiger charge is -2.16. The first kappa shape index (κ1) is 15.7. The molecule has 0 saturated carbocycles. The average Bonchev–Trinajstić information content (AvgIpc) is 2.17. The van der Waals surface area contributed by atoms with Crippen molar-refractivity contribution in [1.82, 2.24) is 4.72 Å². The molecule has 0 heterocycles. The zero-order valence-electron chi connectivity index (χ0n) is 9.83. The van der Waals surface area contributed by atoms with Crippen molar-refractivity contribution in [1.29, 1.82) is 0 Å². The maximum Gasteiger partial charge on any atom is 0.390 e. The van der Waals surface area contributed by atoms with E-state index in [9.17, 15) is 26.0 Å². The molecule has 3 N–H and O–H groups in total. The second-order valence-electron chi connectivity index (χ2n) is 3.99. The number of nitrogen functional groups attached to an aromatic ring is 1. The van der Waals surface area contributed by atoms with Gasteiger partial charge in [-0.25, -0.2) is 17.5 Å². The van der Waals surface area contributed by atoms with Gasteiger partial charge in [0.2, 0.25) is 10.0 Å². The SMILES string of the molecule is CC(CC(F)(F)F)NS(=O)(=O)c1cccc(F)c1N. The predicted octanol–water partition coefficient (Wildman–Crippen LogP) is 2.03. The normalized spacial score (nSPS) is 14.4. The van der Waals surface area contributed by atoms with Crippen LogP contribution in [0.25, 0.3) is 0 Å². The summed E-state index contributed by atoms with van der Waals surface area (Å²) in [6.07, 6.45) is -5.84. The van der Waals surface area contributed by atoms with Crippen LogP contribution in [0.1, 0.15) is 13.3 Å². The molecule has 0 amide bonds. The fourth-order valence-electron chi connectivity index (χ4n) is 1.47. The number of sulfonamides is 1. The number of hydrogen-bond acceptors (Lipinski definition) is 3. The van der Waals surface area contributed by atoms with E-state index in [2.05, 4.69) is 0 Å². The summed E-state index contributed by atoms with van der Waals surface area (Å²) >= 11 is 0. The van der Waals surface area contributed by atoms with Gasteiger partial charge in [-0.3, -0.25) is 0 Å². The van der Waals surface area contributed by atoms with E-state index in [0.29, 0.717) is 0 Å². The minimum absolute atomic E-state index is 0.582. The Morgan fingerprint density at radius 3 is 2.47 bits per heavy atom. The minimum atomic E-state index is -4.50. The van der Waals surface area contributed by atoms with E-state index in [1.807, 2.05) is 0 Å². The Kier molecular flexibility index (Phi) is 4.41. The van der Waals surface area contributed by atoms with E-state index in [1.165, 1.54) is 0 Å². The molecule has 19 heavy (non-hydrogen) atoms. The zero-order chi connectivity index (χ0) is 14.8. The molecule has 4 nitrogen and oxygen atoms in total. The van der Waals surface area contributed by atoms with Gasteiger partial charge in [0.1, 0.15) is 10.7 Å². The molecule has 0 aromatic heterocycles. The Balaban J connectivity index is 2.96. The van der Waals surface area contributed by atoms with Crippen LogP contribution >= 0.6 is 0 Å². The van der Waals surface area contributed by atoms with Gasteiger partial charge in [0.05, 0.1) is 12.1 Å². The van der Waals surface area contributed by atoms with Gasteiger partial charge in [-0.2, -0.15) is 13.2 Å². The highest BCUT2D eigenvalue weighted by Gasteiger charge is 2.32. The molecule has 108 valence electrons. The highest BCUT2D eigenvalue weighted by Crippen LogP contribution is 2.24. The summed E-state index contributed by atoms with van der Waals surface area (Å²) in [4.78, 5) is -0.582. The zero-order valence-corrected chi connectivity index (χ0v) is 10.6.